The van der Waals surface area contributed by atoms with Crippen molar-refractivity contribution >= 4 is 23.2 Å². The summed E-state index contributed by atoms with van der Waals surface area (Å²) in [6.07, 6.45) is -4.95. The zero-order chi connectivity index (χ0) is 15.1. The summed E-state index contributed by atoms with van der Waals surface area (Å²) in [7, 11) is 0. The van der Waals surface area contributed by atoms with Crippen molar-refractivity contribution in [3.63, 3.8) is 0 Å². The first-order valence-electron chi connectivity index (χ1n) is 5.57. The normalized spacial score (nSPS) is 22.9. The lowest BCUT2D eigenvalue weighted by molar-refractivity contribution is -0.229. The van der Waals surface area contributed by atoms with Gasteiger partial charge in [0.1, 0.15) is 5.71 Å². The summed E-state index contributed by atoms with van der Waals surface area (Å²) in [6.45, 7) is 0.120. The van der Waals surface area contributed by atoms with Gasteiger partial charge in [-0.2, -0.15) is 18.3 Å². The molecule has 0 aliphatic carbocycles. The molecule has 108 valence electrons. The predicted octanol–water partition coefficient (Wildman–Crippen LogP) is 2.20. The minimum Gasteiger partial charge on any atom is -0.374 e. The molecule has 1 N–H and O–H groups in total. The van der Waals surface area contributed by atoms with Gasteiger partial charge in [-0.1, -0.05) is 23.7 Å². The molecule has 4 nitrogen and oxygen atoms in total. The Labute approximate surface area is 117 Å². The van der Waals surface area contributed by atoms with Crippen molar-refractivity contribution in [2.75, 3.05) is 6.54 Å². The van der Waals surface area contributed by atoms with Crippen LogP contribution in [0.3, 0.4) is 0 Å². The third kappa shape index (κ3) is 2.38. The van der Waals surface area contributed by atoms with Crippen molar-refractivity contribution < 1.29 is 23.1 Å². The number of β-amino-alcohol motifs (C(OH)–C–C–N with tert-alkyl or cyclic N) is 1. The van der Waals surface area contributed by atoms with Gasteiger partial charge < -0.3 is 5.11 Å². The molecule has 0 aromatic heterocycles. The Morgan fingerprint density at radius 1 is 1.40 bits per heavy atom. The first-order chi connectivity index (χ1) is 9.15. The van der Waals surface area contributed by atoms with E-state index in [0.717, 1.165) is 6.92 Å². The number of hydrogen-bond acceptors (Lipinski definition) is 3. The molecular formula is C12H10ClF3N2O2. The molecule has 1 aromatic carbocycles. The molecule has 0 spiro atoms. The number of rotatable bonds is 1. The zero-order valence-electron chi connectivity index (χ0n) is 10.3. The van der Waals surface area contributed by atoms with E-state index in [4.69, 9.17) is 11.6 Å². The Balaban J connectivity index is 2.52. The lowest BCUT2D eigenvalue weighted by Gasteiger charge is -2.27. The van der Waals surface area contributed by atoms with E-state index >= 15 is 0 Å². The van der Waals surface area contributed by atoms with Gasteiger partial charge in [-0.15, -0.1) is 0 Å². The second-order valence-electron chi connectivity index (χ2n) is 4.39. The molecule has 0 unspecified atom stereocenters. The number of nitrogens with zero attached hydrogens (tertiary/aromatic N) is 2. The maximum atomic E-state index is 13.1. The van der Waals surface area contributed by atoms with Crippen molar-refractivity contribution in [3.05, 3.63) is 34.9 Å². The van der Waals surface area contributed by atoms with E-state index in [-0.39, 0.29) is 5.56 Å². The average Bonchev–Trinajstić information content (AvgIpc) is 2.69. The van der Waals surface area contributed by atoms with Crippen LogP contribution in [-0.4, -0.2) is 40.1 Å². The van der Waals surface area contributed by atoms with Gasteiger partial charge >= 0.3 is 6.18 Å². The molecular weight excluding hydrogens is 297 g/mol. The number of hydrogen-bond donors (Lipinski definition) is 1. The van der Waals surface area contributed by atoms with Crippen molar-refractivity contribution in [2.24, 2.45) is 5.10 Å². The van der Waals surface area contributed by atoms with Crippen molar-refractivity contribution in [3.8, 4) is 0 Å². The molecule has 0 bridgehead atoms. The van der Waals surface area contributed by atoms with Gasteiger partial charge in [0.05, 0.1) is 6.54 Å². The van der Waals surface area contributed by atoms with Gasteiger partial charge in [-0.25, -0.2) is 5.01 Å². The number of carbonyl (C=O) groups is 1. The molecule has 0 fully saturated rings. The second-order valence-corrected chi connectivity index (χ2v) is 4.83. The highest BCUT2D eigenvalue weighted by molar-refractivity contribution is 6.30. The van der Waals surface area contributed by atoms with Crippen LogP contribution in [0.5, 0.6) is 0 Å². The Morgan fingerprint density at radius 3 is 2.40 bits per heavy atom. The lowest BCUT2D eigenvalue weighted by atomic mass is 9.92. The fourth-order valence-electron chi connectivity index (χ4n) is 1.84. The molecule has 0 saturated heterocycles. The molecule has 1 aliphatic rings. The third-order valence-electron chi connectivity index (χ3n) is 2.94. The maximum absolute atomic E-state index is 13.1. The summed E-state index contributed by atoms with van der Waals surface area (Å²) in [5, 5.41) is 14.5. The molecule has 1 heterocycles. The summed E-state index contributed by atoms with van der Waals surface area (Å²) in [5.74, 6) is -0.684. The molecule has 1 aromatic rings. The van der Waals surface area contributed by atoms with Gasteiger partial charge in [0.25, 0.3) is 0 Å². The number of benzene rings is 1. The molecule has 8 heteroatoms. The monoisotopic (exact) mass is 306 g/mol. The minimum atomic E-state index is -4.95. The molecule has 1 amide bonds. The molecule has 0 radical (unpaired) electrons. The Kier molecular flexibility index (Phi) is 3.51. The Hall–Kier alpha value is -1.60. The summed E-state index contributed by atoms with van der Waals surface area (Å²) in [6, 6.07) is 5.38. The van der Waals surface area contributed by atoms with Crippen molar-refractivity contribution in [1.29, 1.82) is 0 Å². The first kappa shape index (κ1) is 14.8. The largest absolute Gasteiger partial charge is 0.424 e. The van der Waals surface area contributed by atoms with Gasteiger partial charge in [-0.05, 0) is 12.1 Å². The average molecular weight is 307 g/mol. The fourth-order valence-corrected chi connectivity index (χ4v) is 1.97. The third-order valence-corrected chi connectivity index (χ3v) is 3.19. The van der Waals surface area contributed by atoms with Crippen LogP contribution in [0.1, 0.15) is 12.5 Å². The number of carbonyl (C=O) groups excluding carboxylic acids is 1. The Bertz CT molecular complexity index is 571. The van der Waals surface area contributed by atoms with Crippen LogP contribution in [0.25, 0.3) is 0 Å². The molecule has 0 saturated carbocycles. The van der Waals surface area contributed by atoms with Gasteiger partial charge in [0, 0.05) is 17.5 Å². The smallest absolute Gasteiger partial charge is 0.374 e. The van der Waals surface area contributed by atoms with Gasteiger partial charge in [0.2, 0.25) is 11.5 Å². The fraction of sp³-hybridized carbons (Fsp3) is 0.333. The quantitative estimate of drug-likeness (QED) is 0.865. The van der Waals surface area contributed by atoms with Crippen molar-refractivity contribution in [2.45, 2.75) is 18.7 Å². The maximum Gasteiger partial charge on any atom is 0.424 e. The molecule has 20 heavy (non-hydrogen) atoms. The standard InChI is InChI=1S/C12H10ClF3N2O2/c1-7(19)18-6-11(20,12(14,15)16)10(17-18)8-2-4-9(13)5-3-8/h2-5,20H,6H2,1H3/t11-/m0/s1. The van der Waals surface area contributed by atoms with Crippen LogP contribution in [-0.2, 0) is 4.79 Å². The summed E-state index contributed by atoms with van der Waals surface area (Å²) in [4.78, 5) is 11.2. The van der Waals surface area contributed by atoms with E-state index in [9.17, 15) is 23.1 Å². The van der Waals surface area contributed by atoms with Crippen LogP contribution < -0.4 is 0 Å². The summed E-state index contributed by atoms with van der Waals surface area (Å²) < 4.78 is 39.3. The van der Waals surface area contributed by atoms with Crippen LogP contribution in [0.4, 0.5) is 13.2 Å². The second kappa shape index (κ2) is 4.75. The number of amides is 1. The van der Waals surface area contributed by atoms with E-state index in [1.807, 2.05) is 0 Å². The number of aliphatic hydroxyl groups is 1. The van der Waals surface area contributed by atoms with Gasteiger partial charge in [-0.3, -0.25) is 4.79 Å². The number of alkyl halides is 3. The molecule has 2 rings (SSSR count). The number of hydrazone groups is 1. The van der Waals surface area contributed by atoms with E-state index in [2.05, 4.69) is 5.10 Å². The summed E-state index contributed by atoms with van der Waals surface area (Å²) >= 11 is 5.67. The van der Waals surface area contributed by atoms with E-state index in [1.54, 1.807) is 0 Å². The van der Waals surface area contributed by atoms with E-state index in [1.165, 1.54) is 24.3 Å². The SMILES string of the molecule is CC(=O)N1C[C@@](O)(C(F)(F)F)C(c2ccc(Cl)cc2)=N1. The highest BCUT2D eigenvalue weighted by Gasteiger charge is 2.61. The predicted molar refractivity (Wildman–Crippen MR) is 66.4 cm³/mol. The molecule has 1 aliphatic heterocycles. The van der Waals surface area contributed by atoms with Crippen LogP contribution in [0.2, 0.25) is 5.02 Å². The zero-order valence-corrected chi connectivity index (χ0v) is 11.0. The first-order valence-corrected chi connectivity index (χ1v) is 5.95. The Morgan fingerprint density at radius 2 is 1.95 bits per heavy atom. The molecule has 1 atom stereocenters. The topological polar surface area (TPSA) is 52.9 Å². The highest BCUT2D eigenvalue weighted by atomic mass is 35.5. The summed E-state index contributed by atoms with van der Waals surface area (Å²) in [5.41, 5.74) is -3.75. The lowest BCUT2D eigenvalue weighted by Crippen LogP contribution is -2.54. The van der Waals surface area contributed by atoms with Crippen molar-refractivity contribution in [1.82, 2.24) is 5.01 Å². The van der Waals surface area contributed by atoms with Crippen LogP contribution in [0.15, 0.2) is 29.4 Å². The number of halogens is 4. The van der Waals surface area contributed by atoms with Crippen LogP contribution in [0, 0.1) is 0 Å². The van der Waals surface area contributed by atoms with Gasteiger partial charge in [0.15, 0.2) is 0 Å². The van der Waals surface area contributed by atoms with E-state index in [0.29, 0.717) is 10.0 Å². The highest BCUT2D eigenvalue weighted by Crippen LogP contribution is 2.38. The minimum absolute atomic E-state index is 0.0537. The van der Waals surface area contributed by atoms with E-state index < -0.39 is 29.9 Å². The van der Waals surface area contributed by atoms with Crippen LogP contribution >= 0.6 is 11.6 Å².